The lowest BCUT2D eigenvalue weighted by molar-refractivity contribution is 0.476. The monoisotopic (exact) mass is 302 g/mol. The Morgan fingerprint density at radius 2 is 1.48 bits per heavy atom. The van der Waals surface area contributed by atoms with E-state index in [4.69, 9.17) is 4.74 Å². The largest absolute Gasteiger partial charge is 0.506 e. The number of ether oxygens (including phenoxy) is 1. The normalized spacial score (nSPS) is 12.6. The molecule has 0 spiro atoms. The summed E-state index contributed by atoms with van der Waals surface area (Å²) in [5, 5.41) is 14.0. The molecule has 1 heterocycles. The highest BCUT2D eigenvalue weighted by molar-refractivity contribution is 5.74. The smallest absolute Gasteiger partial charge is 0.153 e. The van der Waals surface area contributed by atoms with Crippen molar-refractivity contribution < 1.29 is 9.84 Å². The molecule has 4 rings (SSSR count). The van der Waals surface area contributed by atoms with E-state index < -0.39 is 0 Å². The Balaban J connectivity index is 1.92. The fourth-order valence-electron chi connectivity index (χ4n) is 2.49. The molecule has 0 amide bonds. The van der Waals surface area contributed by atoms with Gasteiger partial charge in [-0.2, -0.15) is 0 Å². The molecule has 0 atom stereocenters. The first-order valence-electron chi connectivity index (χ1n) is 7.31. The second-order valence-electron chi connectivity index (χ2n) is 5.17. The van der Waals surface area contributed by atoms with Crippen LogP contribution in [0.3, 0.4) is 0 Å². The van der Waals surface area contributed by atoms with Crippen molar-refractivity contribution in [3.63, 3.8) is 0 Å². The van der Waals surface area contributed by atoms with E-state index in [0.29, 0.717) is 16.8 Å². The average Bonchev–Trinajstić information content (AvgIpc) is 2.77. The minimum Gasteiger partial charge on any atom is -0.506 e. The third-order valence-electron chi connectivity index (χ3n) is 3.60. The van der Waals surface area contributed by atoms with Crippen LogP contribution in [0.25, 0.3) is 0 Å². The van der Waals surface area contributed by atoms with Crippen LogP contribution in [0.15, 0.2) is 77.8 Å². The van der Waals surface area contributed by atoms with Gasteiger partial charge >= 0.3 is 0 Å². The SMILES string of the molecule is Oc1ccccc1N=c1ccccc2c1Nc1ccccc1O2. The van der Waals surface area contributed by atoms with Gasteiger partial charge in [0.15, 0.2) is 11.5 Å². The summed E-state index contributed by atoms with van der Waals surface area (Å²) in [6.45, 7) is 0. The number of hydrogen-bond acceptors (Lipinski definition) is 4. The predicted octanol–water partition coefficient (Wildman–Crippen LogP) is 4.47. The van der Waals surface area contributed by atoms with Crippen molar-refractivity contribution in [1.29, 1.82) is 0 Å². The molecule has 0 saturated heterocycles. The number of nitrogens with one attached hydrogen (secondary N) is 1. The molecule has 0 bridgehead atoms. The number of anilines is 2. The molecule has 0 unspecified atom stereocenters. The quantitative estimate of drug-likeness (QED) is 0.545. The Kier molecular flexibility index (Phi) is 3.20. The molecule has 0 radical (unpaired) electrons. The maximum absolute atomic E-state index is 9.95. The Labute approximate surface area is 133 Å². The number of para-hydroxylation sites is 4. The van der Waals surface area contributed by atoms with E-state index in [-0.39, 0.29) is 5.75 Å². The van der Waals surface area contributed by atoms with E-state index in [1.54, 1.807) is 18.2 Å². The lowest BCUT2D eigenvalue weighted by atomic mass is 10.2. The summed E-state index contributed by atoms with van der Waals surface area (Å²) in [6.07, 6.45) is 0. The number of rotatable bonds is 1. The summed E-state index contributed by atoms with van der Waals surface area (Å²) < 4.78 is 5.96. The predicted molar refractivity (Wildman–Crippen MR) is 89.6 cm³/mol. The highest BCUT2D eigenvalue weighted by Crippen LogP contribution is 2.39. The minimum atomic E-state index is 0.143. The molecule has 4 nitrogen and oxygen atoms in total. The van der Waals surface area contributed by atoms with Crippen molar-refractivity contribution in [2.45, 2.75) is 0 Å². The first kappa shape index (κ1) is 13.4. The second-order valence-corrected chi connectivity index (χ2v) is 5.17. The highest BCUT2D eigenvalue weighted by atomic mass is 16.5. The van der Waals surface area contributed by atoms with Crippen LogP contribution in [-0.2, 0) is 0 Å². The van der Waals surface area contributed by atoms with Gasteiger partial charge in [-0.3, -0.25) is 0 Å². The zero-order valence-electron chi connectivity index (χ0n) is 12.2. The van der Waals surface area contributed by atoms with Crippen molar-refractivity contribution in [3.05, 3.63) is 78.2 Å². The molecular weight excluding hydrogens is 288 g/mol. The lowest BCUT2D eigenvalue weighted by Crippen LogP contribution is -2.11. The van der Waals surface area contributed by atoms with Crippen LogP contribution in [0.5, 0.6) is 17.2 Å². The molecule has 23 heavy (non-hydrogen) atoms. The van der Waals surface area contributed by atoms with Crippen LogP contribution in [0.1, 0.15) is 0 Å². The van der Waals surface area contributed by atoms with E-state index in [1.807, 2.05) is 54.6 Å². The second kappa shape index (κ2) is 5.50. The summed E-state index contributed by atoms with van der Waals surface area (Å²) in [6, 6.07) is 22.3. The van der Waals surface area contributed by atoms with Gasteiger partial charge < -0.3 is 15.2 Å². The molecule has 1 aliphatic heterocycles. The average molecular weight is 302 g/mol. The molecule has 0 aliphatic carbocycles. The standard InChI is InChI=1S/C19H14N2O2/c22-16-10-4-1-7-13(16)20-15-9-3-6-12-18-19(15)21-14-8-2-5-11-17(14)23-18/h1-12,21-22H. The minimum absolute atomic E-state index is 0.143. The maximum atomic E-state index is 9.95. The molecule has 0 aromatic heterocycles. The van der Waals surface area contributed by atoms with Gasteiger partial charge in [0.2, 0.25) is 0 Å². The van der Waals surface area contributed by atoms with E-state index >= 15 is 0 Å². The summed E-state index contributed by atoms with van der Waals surface area (Å²) in [5.41, 5.74) is 2.18. The first-order chi connectivity index (χ1) is 11.3. The molecule has 112 valence electrons. The van der Waals surface area contributed by atoms with E-state index in [1.165, 1.54) is 0 Å². The molecule has 0 saturated carbocycles. The van der Waals surface area contributed by atoms with Crippen LogP contribution < -0.4 is 15.4 Å². The van der Waals surface area contributed by atoms with Gasteiger partial charge in [-0.25, -0.2) is 4.99 Å². The topological polar surface area (TPSA) is 53.9 Å². The van der Waals surface area contributed by atoms with Crippen molar-refractivity contribution >= 4 is 17.1 Å². The van der Waals surface area contributed by atoms with Crippen molar-refractivity contribution in [3.8, 4) is 17.2 Å². The summed E-state index contributed by atoms with van der Waals surface area (Å²) in [7, 11) is 0. The number of phenolic OH excluding ortho intramolecular Hbond substituents is 1. The van der Waals surface area contributed by atoms with E-state index in [0.717, 1.165) is 17.1 Å². The third-order valence-corrected chi connectivity index (χ3v) is 3.60. The van der Waals surface area contributed by atoms with Crippen molar-refractivity contribution in [2.24, 2.45) is 4.99 Å². The zero-order valence-corrected chi connectivity index (χ0v) is 12.2. The number of hydrogen-bond donors (Lipinski definition) is 2. The van der Waals surface area contributed by atoms with E-state index in [9.17, 15) is 5.11 Å². The van der Waals surface area contributed by atoms with Gasteiger partial charge in [-0.1, -0.05) is 36.4 Å². The zero-order chi connectivity index (χ0) is 15.6. The fourth-order valence-corrected chi connectivity index (χ4v) is 2.49. The van der Waals surface area contributed by atoms with Gasteiger partial charge in [-0.05, 0) is 36.4 Å². The Morgan fingerprint density at radius 1 is 0.783 bits per heavy atom. The number of nitrogens with zero attached hydrogens (tertiary/aromatic N) is 1. The van der Waals surface area contributed by atoms with Crippen LogP contribution in [0.2, 0.25) is 0 Å². The van der Waals surface area contributed by atoms with Crippen LogP contribution in [-0.4, -0.2) is 5.11 Å². The maximum Gasteiger partial charge on any atom is 0.153 e. The lowest BCUT2D eigenvalue weighted by Gasteiger charge is -2.20. The molecule has 4 heteroatoms. The summed E-state index contributed by atoms with van der Waals surface area (Å²) in [4.78, 5) is 4.57. The number of phenols is 1. The van der Waals surface area contributed by atoms with Crippen LogP contribution in [0, 0.1) is 0 Å². The molecule has 3 aromatic carbocycles. The van der Waals surface area contributed by atoms with Gasteiger partial charge in [0.05, 0.1) is 11.0 Å². The Morgan fingerprint density at radius 3 is 2.35 bits per heavy atom. The van der Waals surface area contributed by atoms with E-state index in [2.05, 4.69) is 10.3 Å². The summed E-state index contributed by atoms with van der Waals surface area (Å²) >= 11 is 0. The number of fused-ring (bicyclic) bond motifs is 2. The fraction of sp³-hybridized carbons (Fsp3) is 0. The number of benzene rings is 2. The van der Waals surface area contributed by atoms with Gasteiger partial charge in [0, 0.05) is 0 Å². The molecule has 2 N–H and O–H groups in total. The molecule has 1 aliphatic rings. The molecule has 0 fully saturated rings. The van der Waals surface area contributed by atoms with Crippen LogP contribution >= 0.6 is 0 Å². The Hall–Kier alpha value is -3.27. The van der Waals surface area contributed by atoms with Crippen molar-refractivity contribution in [1.82, 2.24) is 0 Å². The third kappa shape index (κ3) is 2.51. The van der Waals surface area contributed by atoms with Gasteiger partial charge in [0.25, 0.3) is 0 Å². The van der Waals surface area contributed by atoms with Crippen molar-refractivity contribution in [2.75, 3.05) is 5.32 Å². The van der Waals surface area contributed by atoms with Gasteiger partial charge in [0.1, 0.15) is 17.1 Å². The highest BCUT2D eigenvalue weighted by Gasteiger charge is 2.16. The molecular formula is C19H14N2O2. The molecule has 3 aromatic rings. The van der Waals surface area contributed by atoms with Gasteiger partial charge in [-0.15, -0.1) is 0 Å². The number of aromatic hydroxyl groups is 1. The Bertz CT molecular complexity index is 951. The first-order valence-corrected chi connectivity index (χ1v) is 7.31. The van der Waals surface area contributed by atoms with Crippen LogP contribution in [0.4, 0.5) is 17.1 Å². The summed E-state index contributed by atoms with van der Waals surface area (Å²) in [5.74, 6) is 1.62.